The first-order valence-electron chi connectivity index (χ1n) is 6.97. The largest absolute Gasteiger partial charge is 0.367 e. The lowest BCUT2D eigenvalue weighted by Gasteiger charge is -2.24. The Balaban J connectivity index is 2.14. The third-order valence-corrected chi connectivity index (χ3v) is 4.08. The van der Waals surface area contributed by atoms with Gasteiger partial charge >= 0.3 is 0 Å². The van der Waals surface area contributed by atoms with E-state index in [1.165, 1.54) is 0 Å². The Bertz CT molecular complexity index is 591. The van der Waals surface area contributed by atoms with Crippen LogP contribution in [0.4, 0.5) is 0 Å². The molecular formula is C17H19BrClNO. The number of hydrogen-bond donors (Lipinski definition) is 1. The molecule has 0 amide bonds. The van der Waals surface area contributed by atoms with Crippen molar-refractivity contribution in [3.63, 3.8) is 0 Å². The summed E-state index contributed by atoms with van der Waals surface area (Å²) in [6.45, 7) is 2.58. The molecular weight excluding hydrogens is 350 g/mol. The van der Waals surface area contributed by atoms with Gasteiger partial charge in [-0.1, -0.05) is 58.7 Å². The molecule has 21 heavy (non-hydrogen) atoms. The molecule has 0 saturated heterocycles. The highest BCUT2D eigenvalue weighted by molar-refractivity contribution is 9.10. The lowest BCUT2D eigenvalue weighted by atomic mass is 10.0. The van der Waals surface area contributed by atoms with Crippen LogP contribution < -0.4 is 5.73 Å². The molecule has 2 N–H and O–H groups in total. The number of nitrogens with two attached hydrogens (primary N) is 1. The molecule has 0 aliphatic heterocycles. The standard InChI is InChI=1S/C17H19BrClNO/c1-2-16(20)17(13-6-4-8-15(19)10-13)21-11-12-5-3-7-14(18)9-12/h3-10,16-17H,2,11,20H2,1H3. The Kier molecular flexibility index (Phi) is 6.24. The summed E-state index contributed by atoms with van der Waals surface area (Å²) in [5.74, 6) is 0. The summed E-state index contributed by atoms with van der Waals surface area (Å²) in [7, 11) is 0. The second kappa shape index (κ2) is 7.95. The van der Waals surface area contributed by atoms with Gasteiger partial charge in [-0.15, -0.1) is 0 Å². The van der Waals surface area contributed by atoms with Crippen LogP contribution >= 0.6 is 27.5 Å². The van der Waals surface area contributed by atoms with E-state index in [2.05, 4.69) is 22.9 Å². The third kappa shape index (κ3) is 4.82. The van der Waals surface area contributed by atoms with Crippen LogP contribution in [-0.4, -0.2) is 6.04 Å². The average molecular weight is 369 g/mol. The zero-order chi connectivity index (χ0) is 15.2. The molecule has 2 aromatic rings. The van der Waals surface area contributed by atoms with Crippen molar-refractivity contribution in [2.75, 3.05) is 0 Å². The van der Waals surface area contributed by atoms with Gasteiger partial charge in [-0.05, 0) is 41.8 Å². The fourth-order valence-electron chi connectivity index (χ4n) is 2.18. The Morgan fingerprint density at radius 2 is 1.95 bits per heavy atom. The lowest BCUT2D eigenvalue weighted by molar-refractivity contribution is 0.0212. The fourth-order valence-corrected chi connectivity index (χ4v) is 2.82. The van der Waals surface area contributed by atoms with Crippen molar-refractivity contribution in [1.82, 2.24) is 0 Å². The van der Waals surface area contributed by atoms with Crippen LogP contribution in [-0.2, 0) is 11.3 Å². The third-order valence-electron chi connectivity index (χ3n) is 3.36. The van der Waals surface area contributed by atoms with E-state index >= 15 is 0 Å². The van der Waals surface area contributed by atoms with E-state index in [9.17, 15) is 0 Å². The van der Waals surface area contributed by atoms with Gasteiger partial charge < -0.3 is 10.5 Å². The molecule has 0 radical (unpaired) electrons. The van der Waals surface area contributed by atoms with Crippen molar-refractivity contribution in [3.8, 4) is 0 Å². The molecule has 0 aliphatic carbocycles. The van der Waals surface area contributed by atoms with Gasteiger partial charge in [0.2, 0.25) is 0 Å². The predicted molar refractivity (Wildman–Crippen MR) is 91.4 cm³/mol. The fraction of sp³-hybridized carbons (Fsp3) is 0.294. The molecule has 4 heteroatoms. The molecule has 0 saturated carbocycles. The molecule has 2 atom stereocenters. The van der Waals surface area contributed by atoms with E-state index in [0.717, 1.165) is 22.0 Å². The Labute approximate surface area is 139 Å². The topological polar surface area (TPSA) is 35.2 Å². The van der Waals surface area contributed by atoms with Crippen molar-refractivity contribution in [2.45, 2.75) is 32.1 Å². The van der Waals surface area contributed by atoms with Crippen molar-refractivity contribution in [3.05, 3.63) is 69.2 Å². The van der Waals surface area contributed by atoms with E-state index in [0.29, 0.717) is 11.6 Å². The van der Waals surface area contributed by atoms with Gasteiger partial charge in [0, 0.05) is 15.5 Å². The molecule has 0 bridgehead atoms. The molecule has 2 aromatic carbocycles. The molecule has 2 unspecified atom stereocenters. The van der Waals surface area contributed by atoms with Gasteiger partial charge in [-0.2, -0.15) is 0 Å². The summed E-state index contributed by atoms with van der Waals surface area (Å²) in [6, 6.07) is 15.7. The zero-order valence-corrected chi connectivity index (χ0v) is 14.3. The van der Waals surface area contributed by atoms with Crippen LogP contribution in [0, 0.1) is 0 Å². The summed E-state index contributed by atoms with van der Waals surface area (Å²) in [5, 5.41) is 0.701. The Hall–Kier alpha value is -0.870. The average Bonchev–Trinajstić information content (AvgIpc) is 2.47. The Morgan fingerprint density at radius 3 is 2.62 bits per heavy atom. The molecule has 0 heterocycles. The summed E-state index contributed by atoms with van der Waals surface area (Å²) in [5.41, 5.74) is 8.35. The molecule has 2 rings (SSSR count). The van der Waals surface area contributed by atoms with Crippen LogP contribution in [0.25, 0.3) is 0 Å². The minimum atomic E-state index is -0.160. The van der Waals surface area contributed by atoms with E-state index in [1.807, 2.05) is 48.5 Å². The molecule has 0 fully saturated rings. The highest BCUT2D eigenvalue weighted by atomic mass is 79.9. The smallest absolute Gasteiger partial charge is 0.0980 e. The second-order valence-corrected chi connectivity index (χ2v) is 6.34. The van der Waals surface area contributed by atoms with Gasteiger partial charge in [0.25, 0.3) is 0 Å². The minimum absolute atomic E-state index is 0.0596. The van der Waals surface area contributed by atoms with Gasteiger partial charge in [-0.25, -0.2) is 0 Å². The number of ether oxygens (including phenoxy) is 1. The zero-order valence-electron chi connectivity index (χ0n) is 11.9. The van der Waals surface area contributed by atoms with E-state index in [-0.39, 0.29) is 12.1 Å². The first-order chi connectivity index (χ1) is 10.1. The number of rotatable bonds is 6. The van der Waals surface area contributed by atoms with Crippen LogP contribution in [0.2, 0.25) is 5.02 Å². The van der Waals surface area contributed by atoms with Crippen LogP contribution in [0.5, 0.6) is 0 Å². The molecule has 2 nitrogen and oxygen atoms in total. The SMILES string of the molecule is CCC(N)C(OCc1cccc(Br)c1)c1cccc(Cl)c1. The molecule has 0 aromatic heterocycles. The lowest BCUT2D eigenvalue weighted by Crippen LogP contribution is -2.29. The minimum Gasteiger partial charge on any atom is -0.367 e. The number of hydrogen-bond acceptors (Lipinski definition) is 2. The van der Waals surface area contributed by atoms with Crippen LogP contribution in [0.15, 0.2) is 53.0 Å². The van der Waals surface area contributed by atoms with Gasteiger partial charge in [-0.3, -0.25) is 0 Å². The van der Waals surface area contributed by atoms with Crippen molar-refractivity contribution in [1.29, 1.82) is 0 Å². The highest BCUT2D eigenvalue weighted by Gasteiger charge is 2.19. The molecule has 0 aliphatic rings. The summed E-state index contributed by atoms with van der Waals surface area (Å²) in [4.78, 5) is 0. The van der Waals surface area contributed by atoms with E-state index < -0.39 is 0 Å². The van der Waals surface area contributed by atoms with Crippen LogP contribution in [0.1, 0.15) is 30.6 Å². The monoisotopic (exact) mass is 367 g/mol. The normalized spacial score (nSPS) is 13.9. The number of benzene rings is 2. The summed E-state index contributed by atoms with van der Waals surface area (Å²) < 4.78 is 7.12. The van der Waals surface area contributed by atoms with E-state index in [4.69, 9.17) is 22.1 Å². The van der Waals surface area contributed by atoms with Crippen LogP contribution in [0.3, 0.4) is 0 Å². The molecule has 0 spiro atoms. The number of halogens is 2. The first kappa shape index (κ1) is 16.5. The first-order valence-corrected chi connectivity index (χ1v) is 8.14. The second-order valence-electron chi connectivity index (χ2n) is 4.99. The van der Waals surface area contributed by atoms with Crippen molar-refractivity contribution >= 4 is 27.5 Å². The maximum Gasteiger partial charge on any atom is 0.0980 e. The summed E-state index contributed by atoms with van der Waals surface area (Å²) >= 11 is 9.54. The predicted octanol–water partition coefficient (Wildman–Crippen LogP) is 5.10. The van der Waals surface area contributed by atoms with Gasteiger partial charge in [0.05, 0.1) is 12.7 Å². The maximum absolute atomic E-state index is 6.22. The van der Waals surface area contributed by atoms with Crippen molar-refractivity contribution < 1.29 is 4.74 Å². The maximum atomic E-state index is 6.22. The molecule has 112 valence electrons. The van der Waals surface area contributed by atoms with Gasteiger partial charge in [0.1, 0.15) is 0 Å². The summed E-state index contributed by atoms with van der Waals surface area (Å²) in [6.07, 6.45) is 0.683. The van der Waals surface area contributed by atoms with Gasteiger partial charge in [0.15, 0.2) is 0 Å². The van der Waals surface area contributed by atoms with Crippen molar-refractivity contribution in [2.24, 2.45) is 5.73 Å². The Morgan fingerprint density at radius 1 is 1.19 bits per heavy atom. The van der Waals surface area contributed by atoms with E-state index in [1.54, 1.807) is 0 Å². The highest BCUT2D eigenvalue weighted by Crippen LogP contribution is 2.26. The quantitative estimate of drug-likeness (QED) is 0.770.